The van der Waals surface area contributed by atoms with Gasteiger partial charge in [-0.15, -0.1) is 11.3 Å². The highest BCUT2D eigenvalue weighted by Crippen LogP contribution is 2.22. The zero-order valence-electron chi connectivity index (χ0n) is 13.8. The number of carbonyl (C=O) groups is 4. The number of benzene rings is 1. The van der Waals surface area contributed by atoms with Gasteiger partial charge >= 0.3 is 17.8 Å². The Morgan fingerprint density at radius 2 is 1.84 bits per heavy atom. The van der Waals surface area contributed by atoms with Crippen molar-refractivity contribution in [1.29, 1.82) is 0 Å². The first kappa shape index (κ1) is 17.0. The van der Waals surface area contributed by atoms with Crippen molar-refractivity contribution in [3.05, 3.63) is 29.3 Å². The predicted molar refractivity (Wildman–Crippen MR) is 90.6 cm³/mol. The van der Waals surface area contributed by atoms with Gasteiger partial charge in [0, 0.05) is 13.6 Å². The topological polar surface area (TPSA) is 90.9 Å². The molecular weight excluding hydrogens is 344 g/mol. The van der Waals surface area contributed by atoms with E-state index >= 15 is 0 Å². The quantitative estimate of drug-likeness (QED) is 0.587. The number of fused-ring (bicyclic) bond motifs is 1. The third kappa shape index (κ3) is 3.10. The lowest BCUT2D eigenvalue weighted by atomic mass is 10.3. The fourth-order valence-corrected chi connectivity index (χ4v) is 3.52. The highest BCUT2D eigenvalue weighted by Gasteiger charge is 2.44. The second-order valence-electron chi connectivity index (χ2n) is 5.55. The summed E-state index contributed by atoms with van der Waals surface area (Å²) in [6.45, 7) is 1.49. The molecule has 2 aromatic rings. The Kier molecular flexibility index (Phi) is 4.49. The van der Waals surface area contributed by atoms with Gasteiger partial charge in [-0.3, -0.25) is 19.3 Å². The molecule has 25 heavy (non-hydrogen) atoms. The van der Waals surface area contributed by atoms with E-state index in [9.17, 15) is 19.2 Å². The van der Waals surface area contributed by atoms with E-state index in [2.05, 4.69) is 4.98 Å². The maximum Gasteiger partial charge on any atom is 0.334 e. The van der Waals surface area contributed by atoms with Crippen LogP contribution in [0.25, 0.3) is 10.2 Å². The fourth-order valence-electron chi connectivity index (χ4n) is 2.50. The predicted octanol–water partition coefficient (Wildman–Crippen LogP) is 1.07. The van der Waals surface area contributed by atoms with Gasteiger partial charge in [-0.2, -0.15) is 0 Å². The van der Waals surface area contributed by atoms with Gasteiger partial charge in [0.2, 0.25) is 5.91 Å². The Balaban J connectivity index is 1.67. The summed E-state index contributed by atoms with van der Waals surface area (Å²) in [5, 5.41) is 0.752. The van der Waals surface area contributed by atoms with Crippen LogP contribution in [-0.4, -0.2) is 63.6 Å². The summed E-state index contributed by atoms with van der Waals surface area (Å²) < 4.78 is 1.02. The van der Waals surface area contributed by atoms with Crippen LogP contribution in [0.2, 0.25) is 0 Å². The van der Waals surface area contributed by atoms with Gasteiger partial charge in [0.15, 0.2) is 0 Å². The molecular formula is C16H16N4O4S. The molecule has 1 aromatic heterocycles. The number of amides is 5. The Bertz CT molecular complexity index is 845. The molecule has 1 aromatic carbocycles. The van der Waals surface area contributed by atoms with Crippen molar-refractivity contribution in [2.45, 2.75) is 13.5 Å². The second kappa shape index (κ2) is 6.60. The van der Waals surface area contributed by atoms with Crippen LogP contribution in [0.1, 0.15) is 11.9 Å². The molecule has 8 nitrogen and oxygen atoms in total. The number of rotatable bonds is 5. The molecule has 0 radical (unpaired) electrons. The van der Waals surface area contributed by atoms with Crippen molar-refractivity contribution in [2.24, 2.45) is 0 Å². The van der Waals surface area contributed by atoms with E-state index in [-0.39, 0.29) is 13.1 Å². The average Bonchev–Trinajstić information content (AvgIpc) is 3.08. The van der Waals surface area contributed by atoms with Crippen molar-refractivity contribution in [3.8, 4) is 0 Å². The van der Waals surface area contributed by atoms with Crippen molar-refractivity contribution < 1.29 is 19.2 Å². The van der Waals surface area contributed by atoms with Crippen LogP contribution in [0.4, 0.5) is 4.79 Å². The summed E-state index contributed by atoms with van der Waals surface area (Å²) in [5.41, 5.74) is 0.859. The first-order chi connectivity index (χ1) is 11.9. The van der Waals surface area contributed by atoms with Crippen LogP contribution in [0.3, 0.4) is 0 Å². The van der Waals surface area contributed by atoms with Crippen LogP contribution in [-0.2, 0) is 20.9 Å². The number of imide groups is 2. The molecule has 2 heterocycles. The normalized spacial score (nSPS) is 14.7. The highest BCUT2D eigenvalue weighted by atomic mass is 32.1. The Hall–Kier alpha value is -2.81. The molecule has 0 aliphatic carbocycles. The summed E-state index contributed by atoms with van der Waals surface area (Å²) >= 11 is 1.48. The Morgan fingerprint density at radius 1 is 1.16 bits per heavy atom. The number of hydrogen-bond donors (Lipinski definition) is 0. The number of likely N-dealkylation sites (N-methyl/N-ethyl adjacent to an activating group) is 2. The van der Waals surface area contributed by atoms with E-state index in [0.717, 1.165) is 20.1 Å². The lowest BCUT2D eigenvalue weighted by Gasteiger charge is -2.19. The van der Waals surface area contributed by atoms with Crippen LogP contribution in [0.15, 0.2) is 24.3 Å². The van der Waals surface area contributed by atoms with Gasteiger partial charge in [0.05, 0.1) is 16.8 Å². The monoisotopic (exact) mass is 360 g/mol. The molecule has 0 bridgehead atoms. The number of thiazole rings is 1. The van der Waals surface area contributed by atoms with E-state index < -0.39 is 30.3 Å². The lowest BCUT2D eigenvalue weighted by molar-refractivity contribution is -0.144. The van der Waals surface area contributed by atoms with E-state index in [1.165, 1.54) is 16.2 Å². The molecule has 1 aliphatic rings. The van der Waals surface area contributed by atoms with Gasteiger partial charge in [0.25, 0.3) is 0 Å². The maximum atomic E-state index is 12.3. The van der Waals surface area contributed by atoms with Crippen molar-refractivity contribution in [2.75, 3.05) is 20.1 Å². The van der Waals surface area contributed by atoms with Crippen LogP contribution >= 0.6 is 11.3 Å². The first-order valence-electron chi connectivity index (χ1n) is 7.68. The summed E-state index contributed by atoms with van der Waals surface area (Å²) in [6.07, 6.45) is 0. The van der Waals surface area contributed by atoms with Crippen LogP contribution in [0.5, 0.6) is 0 Å². The number of hydrogen-bond acceptors (Lipinski definition) is 6. The Morgan fingerprint density at radius 3 is 2.48 bits per heavy atom. The van der Waals surface area contributed by atoms with Gasteiger partial charge in [-0.25, -0.2) is 14.7 Å². The second-order valence-corrected chi connectivity index (χ2v) is 6.66. The minimum Gasteiger partial charge on any atom is -0.337 e. The maximum absolute atomic E-state index is 12.3. The van der Waals surface area contributed by atoms with Crippen LogP contribution in [0, 0.1) is 0 Å². The van der Waals surface area contributed by atoms with Crippen molar-refractivity contribution in [3.63, 3.8) is 0 Å². The number of nitrogens with zero attached hydrogens (tertiary/aromatic N) is 4. The standard InChI is InChI=1S/C16H16N4O4S/c1-3-19-14(22)15(23)20(16(19)24)9-13(21)18(2)8-12-17-10-6-4-5-7-11(10)25-12/h4-7H,3,8-9H2,1-2H3. The Labute approximate surface area is 147 Å². The molecule has 130 valence electrons. The molecule has 0 spiro atoms. The minimum absolute atomic E-state index is 0.0929. The van der Waals surface area contributed by atoms with Gasteiger partial charge in [-0.1, -0.05) is 12.1 Å². The minimum atomic E-state index is -0.964. The zero-order valence-corrected chi connectivity index (χ0v) is 14.6. The first-order valence-corrected chi connectivity index (χ1v) is 8.49. The average molecular weight is 360 g/mol. The summed E-state index contributed by atoms with van der Waals surface area (Å²) in [5.74, 6) is -2.30. The lowest BCUT2D eigenvalue weighted by Crippen LogP contribution is -2.42. The molecule has 1 saturated heterocycles. The molecule has 0 N–H and O–H groups in total. The summed E-state index contributed by atoms with van der Waals surface area (Å²) in [7, 11) is 1.57. The smallest absolute Gasteiger partial charge is 0.334 e. The van der Waals surface area contributed by atoms with E-state index in [0.29, 0.717) is 4.90 Å². The van der Waals surface area contributed by atoms with Crippen molar-refractivity contribution >= 4 is 45.3 Å². The van der Waals surface area contributed by atoms with E-state index in [1.54, 1.807) is 14.0 Å². The van der Waals surface area contributed by atoms with Crippen LogP contribution < -0.4 is 0 Å². The summed E-state index contributed by atoms with van der Waals surface area (Å²) in [4.78, 5) is 55.2. The SMILES string of the molecule is CCN1C(=O)C(=O)N(CC(=O)N(C)Cc2nc3ccccc3s2)C1=O. The number of carbonyl (C=O) groups excluding carboxylic acids is 4. The third-order valence-electron chi connectivity index (χ3n) is 3.88. The van der Waals surface area contributed by atoms with E-state index in [4.69, 9.17) is 0 Å². The zero-order chi connectivity index (χ0) is 18.1. The molecule has 0 unspecified atom stereocenters. The molecule has 9 heteroatoms. The number of aromatic nitrogens is 1. The molecule has 1 aliphatic heterocycles. The third-order valence-corrected chi connectivity index (χ3v) is 4.90. The molecule has 3 rings (SSSR count). The molecule has 5 amide bonds. The summed E-state index contributed by atoms with van der Waals surface area (Å²) in [6, 6.07) is 6.90. The highest BCUT2D eigenvalue weighted by molar-refractivity contribution is 7.18. The van der Waals surface area contributed by atoms with Gasteiger partial charge < -0.3 is 4.90 Å². The van der Waals surface area contributed by atoms with Gasteiger partial charge in [-0.05, 0) is 19.1 Å². The van der Waals surface area contributed by atoms with Gasteiger partial charge in [0.1, 0.15) is 11.6 Å². The largest absolute Gasteiger partial charge is 0.337 e. The molecule has 0 saturated carbocycles. The van der Waals surface area contributed by atoms with E-state index in [1.807, 2.05) is 24.3 Å². The van der Waals surface area contributed by atoms with Crippen molar-refractivity contribution in [1.82, 2.24) is 19.7 Å². The molecule has 1 fully saturated rings. The number of urea groups is 1. The molecule has 0 atom stereocenters. The fraction of sp³-hybridized carbons (Fsp3) is 0.312. The number of para-hydroxylation sites is 1.